The van der Waals surface area contributed by atoms with Crippen LogP contribution in [-0.2, 0) is 41.6 Å². The van der Waals surface area contributed by atoms with Gasteiger partial charge in [-0.05, 0) is 43.4 Å². The summed E-state index contributed by atoms with van der Waals surface area (Å²) < 4.78 is 0. The minimum atomic E-state index is -1.41. The van der Waals surface area contributed by atoms with Gasteiger partial charge in [0.15, 0.2) is 0 Å². The highest BCUT2D eigenvalue weighted by Gasteiger charge is 2.31. The molecular weight excluding hydrogens is 604 g/mol. The lowest BCUT2D eigenvalue weighted by Gasteiger charge is -2.28. The Kier molecular flexibility index (Phi) is 13.4. The Balaban J connectivity index is 1.93. The Morgan fingerprint density at radius 3 is 2.21 bits per heavy atom. The number of amides is 6. The number of aliphatic hydroxyl groups excluding tert-OH is 1. The van der Waals surface area contributed by atoms with Crippen molar-refractivity contribution in [2.45, 2.75) is 71.6 Å². The highest BCUT2D eigenvalue weighted by atomic mass is 16.3. The third-order valence-corrected chi connectivity index (χ3v) is 7.96. The topological polar surface area (TPSA) is 186 Å². The first kappa shape index (κ1) is 36.7. The maximum absolute atomic E-state index is 13.6. The van der Waals surface area contributed by atoms with Crippen molar-refractivity contribution in [2.75, 3.05) is 26.2 Å². The summed E-state index contributed by atoms with van der Waals surface area (Å²) in [5.41, 5.74) is 3.44. The van der Waals surface area contributed by atoms with Gasteiger partial charge >= 0.3 is 0 Å². The molecule has 4 atom stereocenters. The van der Waals surface area contributed by atoms with Crippen LogP contribution in [0.4, 0.5) is 0 Å². The molecule has 2 aromatic rings. The van der Waals surface area contributed by atoms with Crippen molar-refractivity contribution >= 4 is 35.4 Å². The van der Waals surface area contributed by atoms with Gasteiger partial charge in [-0.2, -0.15) is 0 Å². The van der Waals surface area contributed by atoms with E-state index in [-0.39, 0.29) is 44.3 Å². The Morgan fingerprint density at radius 2 is 1.55 bits per heavy atom. The van der Waals surface area contributed by atoms with E-state index >= 15 is 0 Å². The lowest BCUT2D eigenvalue weighted by molar-refractivity contribution is -0.138. The summed E-state index contributed by atoms with van der Waals surface area (Å²) in [7, 11) is 0. The molecule has 2 aromatic carbocycles. The second-order valence-electron chi connectivity index (χ2n) is 12.2. The van der Waals surface area contributed by atoms with Gasteiger partial charge in [-0.25, -0.2) is 0 Å². The van der Waals surface area contributed by atoms with Gasteiger partial charge in [-0.3, -0.25) is 28.8 Å². The molecule has 0 aromatic heterocycles. The third-order valence-electron chi connectivity index (χ3n) is 7.96. The van der Waals surface area contributed by atoms with E-state index in [9.17, 15) is 33.9 Å². The first-order chi connectivity index (χ1) is 22.3. The zero-order chi connectivity index (χ0) is 34.7. The summed E-state index contributed by atoms with van der Waals surface area (Å²) >= 11 is 0. The number of aryl methyl sites for hydroxylation is 2. The average Bonchev–Trinajstić information content (AvgIpc) is 3.02. The Morgan fingerprint density at radius 1 is 0.872 bits per heavy atom. The molecule has 1 saturated heterocycles. The van der Waals surface area contributed by atoms with Crippen LogP contribution in [0.5, 0.6) is 0 Å². The fourth-order valence-corrected chi connectivity index (χ4v) is 5.11. The summed E-state index contributed by atoms with van der Waals surface area (Å²) in [6, 6.07) is 10.0. The molecule has 0 radical (unpaired) electrons. The Bertz CT molecular complexity index is 1450. The maximum Gasteiger partial charge on any atom is 0.245 e. The number of nitrogens with zero attached hydrogens (tertiary/aromatic N) is 1. The van der Waals surface area contributed by atoms with Crippen molar-refractivity contribution < 1.29 is 33.9 Å². The molecule has 0 unspecified atom stereocenters. The van der Waals surface area contributed by atoms with Crippen LogP contribution in [0.2, 0.25) is 0 Å². The lowest BCUT2D eigenvalue weighted by atomic mass is 10.0. The molecule has 0 bridgehead atoms. The van der Waals surface area contributed by atoms with Gasteiger partial charge in [0, 0.05) is 19.5 Å². The number of hydrogen-bond acceptors (Lipinski definition) is 7. The predicted octanol–water partition coefficient (Wildman–Crippen LogP) is -0.346. The third kappa shape index (κ3) is 10.9. The van der Waals surface area contributed by atoms with E-state index in [1.54, 1.807) is 38.1 Å². The van der Waals surface area contributed by atoms with E-state index in [4.69, 9.17) is 0 Å². The summed E-state index contributed by atoms with van der Waals surface area (Å²) in [4.78, 5) is 80.9. The minimum absolute atomic E-state index is 0.0186. The number of benzene rings is 2. The van der Waals surface area contributed by atoms with Gasteiger partial charge in [0.05, 0.1) is 19.6 Å². The average molecular weight is 651 g/mol. The van der Waals surface area contributed by atoms with Gasteiger partial charge in [-0.15, -0.1) is 0 Å². The second kappa shape index (κ2) is 17.2. The van der Waals surface area contributed by atoms with Crippen molar-refractivity contribution in [1.82, 2.24) is 31.5 Å². The van der Waals surface area contributed by atoms with Crippen LogP contribution in [0.15, 0.2) is 48.5 Å². The standard InChI is InChI=1S/C34H46N6O7/c1-20(2)30-34(47)36-23(5)31(44)38-27(19-41)33(46)37-26(16-24-9-7-6-8-10-24)32(45)35-13-14-40(18-28(42)39-30)29(43)17-25-15-21(3)11-12-22(25)4/h6-12,15,20,23,26-27,30,41H,13-14,16-19H2,1-5H3,(H,35,45)(H,36,47)(H,37,46)(H,38,44)(H,39,42)/t23-,26+,27-,30+/m0/s1. The molecule has 1 heterocycles. The molecule has 1 aliphatic rings. The van der Waals surface area contributed by atoms with Crippen molar-refractivity contribution in [1.29, 1.82) is 0 Å². The summed E-state index contributed by atoms with van der Waals surface area (Å²) in [5, 5.41) is 22.9. The van der Waals surface area contributed by atoms with Crippen LogP contribution in [-0.4, -0.2) is 95.9 Å². The molecule has 6 amide bonds. The minimum Gasteiger partial charge on any atom is -0.394 e. The number of carbonyl (C=O) groups is 6. The molecule has 13 heteroatoms. The fraction of sp³-hybridized carbons (Fsp3) is 0.471. The number of hydrogen-bond donors (Lipinski definition) is 6. The predicted molar refractivity (Wildman–Crippen MR) is 175 cm³/mol. The Labute approximate surface area is 275 Å². The van der Waals surface area contributed by atoms with E-state index in [0.717, 1.165) is 22.3 Å². The number of rotatable bonds is 6. The molecule has 1 fully saturated rings. The van der Waals surface area contributed by atoms with Crippen LogP contribution >= 0.6 is 0 Å². The Hall–Kier alpha value is -4.78. The van der Waals surface area contributed by atoms with Gasteiger partial charge < -0.3 is 36.6 Å². The molecule has 254 valence electrons. The van der Waals surface area contributed by atoms with Gasteiger partial charge in [0.25, 0.3) is 0 Å². The molecule has 47 heavy (non-hydrogen) atoms. The van der Waals surface area contributed by atoms with E-state index in [1.165, 1.54) is 11.8 Å². The molecule has 0 aliphatic carbocycles. The summed E-state index contributed by atoms with van der Waals surface area (Å²) in [6.07, 6.45) is 0.121. The zero-order valence-corrected chi connectivity index (χ0v) is 27.6. The summed E-state index contributed by atoms with van der Waals surface area (Å²) in [5.74, 6) is -4.07. The van der Waals surface area contributed by atoms with Gasteiger partial charge in [0.2, 0.25) is 35.4 Å². The van der Waals surface area contributed by atoms with Crippen molar-refractivity contribution in [2.24, 2.45) is 5.92 Å². The lowest BCUT2D eigenvalue weighted by Crippen LogP contribution is -2.60. The summed E-state index contributed by atoms with van der Waals surface area (Å²) in [6.45, 7) is 7.44. The van der Waals surface area contributed by atoms with Crippen LogP contribution in [0.1, 0.15) is 43.0 Å². The van der Waals surface area contributed by atoms with Crippen LogP contribution in [0.3, 0.4) is 0 Å². The SMILES string of the molecule is Cc1ccc(C)c(CC(=O)N2CCNC(=O)[C@@H](Cc3ccccc3)NC(=O)[C@H](CO)NC(=O)[C@H](C)NC(=O)[C@@H](C(C)C)NC(=O)C2)c1. The molecular formula is C34H46N6O7. The molecule has 0 saturated carbocycles. The quantitative estimate of drug-likeness (QED) is 0.247. The number of aliphatic hydroxyl groups is 1. The molecule has 0 spiro atoms. The van der Waals surface area contributed by atoms with Crippen LogP contribution < -0.4 is 26.6 Å². The van der Waals surface area contributed by atoms with E-state index in [2.05, 4.69) is 26.6 Å². The molecule has 3 rings (SSSR count). The second-order valence-corrected chi connectivity index (χ2v) is 12.2. The first-order valence-electron chi connectivity index (χ1n) is 15.8. The number of carbonyl (C=O) groups excluding carboxylic acids is 6. The van der Waals surface area contributed by atoms with Gasteiger partial charge in [-0.1, -0.05) is 67.9 Å². The maximum atomic E-state index is 13.6. The van der Waals surface area contributed by atoms with E-state index < -0.39 is 60.3 Å². The van der Waals surface area contributed by atoms with Crippen molar-refractivity contribution in [3.05, 3.63) is 70.8 Å². The molecule has 6 N–H and O–H groups in total. The highest BCUT2D eigenvalue weighted by Crippen LogP contribution is 2.13. The smallest absolute Gasteiger partial charge is 0.245 e. The normalized spacial score (nSPS) is 22.3. The van der Waals surface area contributed by atoms with Crippen molar-refractivity contribution in [3.8, 4) is 0 Å². The van der Waals surface area contributed by atoms with Gasteiger partial charge in [0.1, 0.15) is 24.2 Å². The fourth-order valence-electron chi connectivity index (χ4n) is 5.11. The number of nitrogens with one attached hydrogen (secondary N) is 5. The zero-order valence-electron chi connectivity index (χ0n) is 27.6. The largest absolute Gasteiger partial charge is 0.394 e. The molecule has 1 aliphatic heterocycles. The van der Waals surface area contributed by atoms with E-state index in [0.29, 0.717) is 0 Å². The first-order valence-corrected chi connectivity index (χ1v) is 15.8. The van der Waals surface area contributed by atoms with Crippen molar-refractivity contribution in [3.63, 3.8) is 0 Å². The van der Waals surface area contributed by atoms with Crippen LogP contribution in [0, 0.1) is 19.8 Å². The van der Waals surface area contributed by atoms with Crippen LogP contribution in [0.25, 0.3) is 0 Å². The van der Waals surface area contributed by atoms with E-state index in [1.807, 2.05) is 38.1 Å². The highest BCUT2D eigenvalue weighted by molar-refractivity contribution is 5.96. The molecule has 13 nitrogen and oxygen atoms in total. The monoisotopic (exact) mass is 650 g/mol.